The van der Waals surface area contributed by atoms with E-state index in [-0.39, 0.29) is 41.5 Å². The number of fused-ring (bicyclic) bond motifs is 3. The van der Waals surface area contributed by atoms with Gasteiger partial charge in [-0.05, 0) is 116 Å². The van der Waals surface area contributed by atoms with Crippen LogP contribution in [0, 0.1) is 17.3 Å². The molecule has 4 fully saturated rings. The number of piperidine rings is 1. The Morgan fingerprint density at radius 2 is 1.47 bits per heavy atom. The van der Waals surface area contributed by atoms with Gasteiger partial charge in [0.1, 0.15) is 23.3 Å². The number of benzene rings is 3. The van der Waals surface area contributed by atoms with Crippen LogP contribution in [0.4, 0.5) is 9.59 Å². The maximum absolute atomic E-state index is 13.9. The van der Waals surface area contributed by atoms with Crippen LogP contribution >= 0.6 is 0 Å². The average molecular weight is 784 g/mol. The van der Waals surface area contributed by atoms with E-state index in [1.54, 1.807) is 0 Å². The van der Waals surface area contributed by atoms with E-state index in [0.717, 1.165) is 94.6 Å². The van der Waals surface area contributed by atoms with Crippen molar-refractivity contribution in [2.75, 3.05) is 13.7 Å². The van der Waals surface area contributed by atoms with Gasteiger partial charge in [-0.15, -0.1) is 0 Å². The second-order valence-corrected chi connectivity index (χ2v) is 18.3. The number of carbonyl (C=O) groups excluding carboxylic acids is 3. The molecule has 9 rings (SSSR count). The highest BCUT2D eigenvalue weighted by atomic mass is 16.6. The second-order valence-electron chi connectivity index (χ2n) is 18.3. The quantitative estimate of drug-likeness (QED) is 0.142. The number of ether oxygens (including phenoxy) is 2. The summed E-state index contributed by atoms with van der Waals surface area (Å²) in [5, 5.41) is 5.02. The Kier molecular flexibility index (Phi) is 9.36. The fourth-order valence-corrected chi connectivity index (χ4v) is 9.59. The molecule has 3 amide bonds. The van der Waals surface area contributed by atoms with Gasteiger partial charge < -0.3 is 29.7 Å². The molecule has 302 valence electrons. The van der Waals surface area contributed by atoms with Gasteiger partial charge in [-0.1, -0.05) is 62.4 Å². The van der Waals surface area contributed by atoms with Crippen molar-refractivity contribution in [2.45, 2.75) is 103 Å². The lowest BCUT2D eigenvalue weighted by atomic mass is 9.98. The number of hydrogen-bond acceptors (Lipinski definition) is 7. The normalized spacial score (nSPS) is 22.5. The number of methoxy groups -OCH3 is 1. The molecular formula is C46H53N7O5. The van der Waals surface area contributed by atoms with Gasteiger partial charge in [0.2, 0.25) is 5.91 Å². The molecule has 58 heavy (non-hydrogen) atoms. The van der Waals surface area contributed by atoms with Gasteiger partial charge >= 0.3 is 12.2 Å². The average Bonchev–Trinajstić information content (AvgIpc) is 3.83. The van der Waals surface area contributed by atoms with Crippen LogP contribution in [-0.4, -0.2) is 79.2 Å². The first-order chi connectivity index (χ1) is 27.8. The summed E-state index contributed by atoms with van der Waals surface area (Å²) in [6, 6.07) is 20.7. The molecule has 5 aromatic rings. The number of H-pyrrole nitrogens is 2. The first-order valence-electron chi connectivity index (χ1n) is 20.7. The SMILES string of the molecule is COC(=O)N[C@H](C(=O)N1CC2(CC2)C[C@H]1c1ncc(-c2ccc(-c3ccc4cc(-c5cnc(C6[C@H]7CC[C@H](C7)N6C(=O)OC(C)(C)C)[nH]5)ccc4c3)cc2)[nH]1)C(C)C. The first kappa shape index (κ1) is 37.9. The molecule has 12 nitrogen and oxygen atoms in total. The number of rotatable bonds is 8. The van der Waals surface area contributed by atoms with Crippen molar-refractivity contribution in [3.05, 3.63) is 84.7 Å². The van der Waals surface area contributed by atoms with Gasteiger partial charge in [0, 0.05) is 18.2 Å². The van der Waals surface area contributed by atoms with E-state index in [1.165, 1.54) is 7.11 Å². The Morgan fingerprint density at radius 3 is 2.14 bits per heavy atom. The van der Waals surface area contributed by atoms with E-state index in [0.29, 0.717) is 12.5 Å². The van der Waals surface area contributed by atoms with Gasteiger partial charge in [0.15, 0.2) is 0 Å². The van der Waals surface area contributed by atoms with Crippen LogP contribution < -0.4 is 5.32 Å². The summed E-state index contributed by atoms with van der Waals surface area (Å²) >= 11 is 0. The number of alkyl carbamates (subject to hydrolysis) is 1. The number of hydrogen-bond donors (Lipinski definition) is 3. The Bertz CT molecular complexity index is 2370. The van der Waals surface area contributed by atoms with Crippen molar-refractivity contribution in [3.8, 4) is 33.6 Å². The zero-order valence-electron chi connectivity index (χ0n) is 34.2. The largest absolute Gasteiger partial charge is 0.453 e. The van der Waals surface area contributed by atoms with Gasteiger partial charge in [0.25, 0.3) is 0 Å². The lowest BCUT2D eigenvalue weighted by molar-refractivity contribution is -0.135. The molecule has 3 N–H and O–H groups in total. The first-order valence-corrected chi connectivity index (χ1v) is 20.7. The minimum atomic E-state index is -0.677. The van der Waals surface area contributed by atoms with Crippen LogP contribution in [-0.2, 0) is 14.3 Å². The maximum atomic E-state index is 13.9. The molecule has 2 saturated carbocycles. The number of nitrogens with one attached hydrogen (secondary N) is 3. The third-order valence-corrected chi connectivity index (χ3v) is 12.8. The minimum absolute atomic E-state index is 0.0951. The summed E-state index contributed by atoms with van der Waals surface area (Å²) in [6.45, 7) is 10.3. The molecule has 4 aliphatic rings. The third-order valence-electron chi connectivity index (χ3n) is 12.8. The summed E-state index contributed by atoms with van der Waals surface area (Å²) in [5.41, 5.74) is 5.69. The fraction of sp³-hybridized carbons (Fsp3) is 0.457. The van der Waals surface area contributed by atoms with Crippen molar-refractivity contribution in [3.63, 3.8) is 0 Å². The molecule has 1 spiro atoms. The Morgan fingerprint density at radius 1 is 0.845 bits per heavy atom. The fourth-order valence-electron chi connectivity index (χ4n) is 9.59. The van der Waals surface area contributed by atoms with Crippen LogP contribution in [0.2, 0.25) is 0 Å². The van der Waals surface area contributed by atoms with Gasteiger partial charge in [-0.3, -0.25) is 9.69 Å². The van der Waals surface area contributed by atoms with Crippen molar-refractivity contribution in [2.24, 2.45) is 17.3 Å². The van der Waals surface area contributed by atoms with Gasteiger partial charge in [-0.2, -0.15) is 0 Å². The molecule has 2 aromatic heterocycles. The smallest absolute Gasteiger partial charge is 0.411 e. The standard InChI is InChI=1S/C46H53N7O5/c1-26(2)38(51-43(55)57-6)42(54)52-25-46(17-18-46)22-37(52)40-47-23-35(49-40)28-9-7-27(8-10-28)29-11-12-31-20-32(14-13-30(31)19-29)36-24-48-41(50-36)39-33-15-16-34(21-33)53(39)44(56)58-45(3,4)5/h7-14,19-20,23-24,26,33-34,37-39H,15-18,21-22,25H2,1-6H3,(H,47,49)(H,48,50)(H,51,55)/t33-,34+,37-,38-,39?/m0/s1. The molecule has 2 bridgehead atoms. The monoisotopic (exact) mass is 783 g/mol. The number of imidazole rings is 2. The van der Waals surface area contributed by atoms with E-state index >= 15 is 0 Å². The molecule has 4 heterocycles. The van der Waals surface area contributed by atoms with Crippen molar-refractivity contribution < 1.29 is 23.9 Å². The summed E-state index contributed by atoms with van der Waals surface area (Å²) in [5.74, 6) is 1.78. The molecule has 2 saturated heterocycles. The summed E-state index contributed by atoms with van der Waals surface area (Å²) in [4.78, 5) is 59.8. The molecule has 3 aromatic carbocycles. The number of likely N-dealkylation sites (tertiary alicyclic amines) is 2. The van der Waals surface area contributed by atoms with Crippen LogP contribution in [0.1, 0.15) is 96.9 Å². The highest BCUT2D eigenvalue weighted by molar-refractivity contribution is 5.91. The maximum Gasteiger partial charge on any atom is 0.411 e. The summed E-state index contributed by atoms with van der Waals surface area (Å²) < 4.78 is 10.6. The minimum Gasteiger partial charge on any atom is -0.453 e. The highest BCUT2D eigenvalue weighted by Crippen LogP contribution is 2.58. The Balaban J connectivity index is 0.896. The van der Waals surface area contributed by atoms with Gasteiger partial charge in [0.05, 0.1) is 43.0 Å². The van der Waals surface area contributed by atoms with Crippen LogP contribution in [0.5, 0.6) is 0 Å². The highest BCUT2D eigenvalue weighted by Gasteiger charge is 2.55. The van der Waals surface area contributed by atoms with Crippen molar-refractivity contribution in [1.82, 2.24) is 35.1 Å². The number of carbonyl (C=O) groups is 3. The van der Waals surface area contributed by atoms with E-state index in [9.17, 15) is 14.4 Å². The summed E-state index contributed by atoms with van der Waals surface area (Å²) in [6.07, 6.45) is 9.02. The third kappa shape index (κ3) is 7.11. The predicted molar refractivity (Wildman–Crippen MR) is 221 cm³/mol. The van der Waals surface area contributed by atoms with Crippen molar-refractivity contribution >= 4 is 28.9 Å². The number of aromatic nitrogens is 4. The Hall–Kier alpha value is -5.65. The molecule has 12 heteroatoms. The zero-order chi connectivity index (χ0) is 40.5. The van der Waals surface area contributed by atoms with Crippen molar-refractivity contribution in [1.29, 1.82) is 0 Å². The molecule has 2 aliphatic carbocycles. The van der Waals surface area contributed by atoms with Crippen LogP contribution in [0.3, 0.4) is 0 Å². The topological polar surface area (TPSA) is 146 Å². The lowest BCUT2D eigenvalue weighted by Crippen LogP contribution is -2.51. The summed E-state index contributed by atoms with van der Waals surface area (Å²) in [7, 11) is 1.31. The molecule has 1 unspecified atom stereocenters. The number of aromatic amines is 2. The predicted octanol–water partition coefficient (Wildman–Crippen LogP) is 9.18. The van der Waals surface area contributed by atoms with E-state index in [1.807, 2.05) is 56.8 Å². The molecule has 5 atom stereocenters. The number of amides is 3. The van der Waals surface area contributed by atoms with E-state index in [4.69, 9.17) is 19.4 Å². The zero-order valence-corrected chi connectivity index (χ0v) is 34.2. The molecule has 2 aliphatic heterocycles. The lowest BCUT2D eigenvalue weighted by Gasteiger charge is -2.35. The van der Waals surface area contributed by atoms with Crippen LogP contribution in [0.15, 0.2) is 73.1 Å². The van der Waals surface area contributed by atoms with E-state index in [2.05, 4.69) is 75.9 Å². The van der Waals surface area contributed by atoms with E-state index < -0.39 is 17.7 Å². The van der Waals surface area contributed by atoms with Gasteiger partial charge in [-0.25, -0.2) is 19.6 Å². The van der Waals surface area contributed by atoms with Crippen LogP contribution in [0.25, 0.3) is 44.4 Å². The Labute approximate surface area is 339 Å². The number of nitrogens with zero attached hydrogens (tertiary/aromatic N) is 4. The molecule has 0 radical (unpaired) electrons. The second kappa shape index (κ2) is 14.3. The molecular weight excluding hydrogens is 731 g/mol.